The van der Waals surface area contributed by atoms with Crippen LogP contribution >= 0.6 is 0 Å². The molecule has 0 spiro atoms. The molecule has 0 bridgehead atoms. The van der Waals surface area contributed by atoms with Crippen molar-refractivity contribution < 1.29 is 9.53 Å². The smallest absolute Gasteiger partial charge is 0.270 e. The van der Waals surface area contributed by atoms with E-state index in [9.17, 15) is 4.79 Å². The Morgan fingerprint density at radius 2 is 1.79 bits per heavy atom. The first-order chi connectivity index (χ1) is 14.1. The number of aryl methyl sites for hydroxylation is 1. The van der Waals surface area contributed by atoms with E-state index in [-0.39, 0.29) is 5.91 Å². The van der Waals surface area contributed by atoms with E-state index >= 15 is 0 Å². The van der Waals surface area contributed by atoms with Gasteiger partial charge in [-0.3, -0.25) is 4.79 Å². The maximum Gasteiger partial charge on any atom is 0.270 e. The molecule has 6 nitrogen and oxygen atoms in total. The zero-order chi connectivity index (χ0) is 20.6. The molecule has 1 aromatic heterocycles. The molecule has 1 amide bonds. The molecule has 0 aliphatic rings. The van der Waals surface area contributed by atoms with Gasteiger partial charge in [-0.15, -0.1) is 0 Å². The minimum atomic E-state index is -0.209. The van der Waals surface area contributed by atoms with E-state index in [2.05, 4.69) is 27.4 Å². The van der Waals surface area contributed by atoms with Crippen LogP contribution in [-0.4, -0.2) is 36.6 Å². The summed E-state index contributed by atoms with van der Waals surface area (Å²) in [5, 5.41) is 2.94. The lowest BCUT2D eigenvalue weighted by Crippen LogP contribution is -2.28. The van der Waals surface area contributed by atoms with Gasteiger partial charge in [0.15, 0.2) is 0 Å². The highest BCUT2D eigenvalue weighted by molar-refractivity contribution is 5.92. The Hall–Kier alpha value is -3.41. The van der Waals surface area contributed by atoms with Gasteiger partial charge in [-0.2, -0.15) is 0 Å². The van der Waals surface area contributed by atoms with Gasteiger partial charge in [0.1, 0.15) is 23.1 Å². The van der Waals surface area contributed by atoms with E-state index in [1.807, 2.05) is 54.4 Å². The van der Waals surface area contributed by atoms with E-state index in [0.717, 1.165) is 17.1 Å². The number of nitrogens with zero attached hydrogens (tertiary/aromatic N) is 3. The quantitative estimate of drug-likeness (QED) is 0.638. The van der Waals surface area contributed by atoms with Gasteiger partial charge >= 0.3 is 0 Å². The Morgan fingerprint density at radius 1 is 1.07 bits per heavy atom. The topological polar surface area (TPSA) is 67.3 Å². The number of nitrogens with one attached hydrogen (secondary N) is 1. The van der Waals surface area contributed by atoms with Crippen molar-refractivity contribution in [1.82, 2.24) is 15.3 Å². The average Bonchev–Trinajstić information content (AvgIpc) is 2.74. The number of carbonyl (C=O) groups excluding carboxylic acids is 1. The first kappa shape index (κ1) is 20.3. The fraction of sp³-hybridized carbons (Fsp3) is 0.261. The molecule has 150 valence electrons. The van der Waals surface area contributed by atoms with Crippen LogP contribution in [-0.2, 0) is 13.0 Å². The Morgan fingerprint density at radius 3 is 2.55 bits per heavy atom. The Labute approximate surface area is 171 Å². The van der Waals surface area contributed by atoms with Gasteiger partial charge in [0, 0.05) is 26.2 Å². The number of methoxy groups -OCH3 is 1. The SMILES string of the molecule is COc1ccccc1CCNC(=O)c1cc(N(C)Cc2ccccc2)nc(C)n1. The van der Waals surface area contributed by atoms with Gasteiger partial charge in [-0.1, -0.05) is 48.5 Å². The van der Waals surface area contributed by atoms with Crippen LogP contribution in [0.4, 0.5) is 5.82 Å². The molecule has 0 aliphatic carbocycles. The number of ether oxygens (including phenoxy) is 1. The lowest BCUT2D eigenvalue weighted by molar-refractivity contribution is 0.0948. The maximum atomic E-state index is 12.6. The Balaban J connectivity index is 1.64. The van der Waals surface area contributed by atoms with Crippen molar-refractivity contribution in [2.45, 2.75) is 19.9 Å². The summed E-state index contributed by atoms with van der Waals surface area (Å²) in [4.78, 5) is 23.4. The van der Waals surface area contributed by atoms with Gasteiger partial charge in [0.25, 0.3) is 5.91 Å². The van der Waals surface area contributed by atoms with E-state index in [0.29, 0.717) is 31.0 Å². The number of benzene rings is 2. The third-order valence-corrected chi connectivity index (χ3v) is 4.58. The molecular weight excluding hydrogens is 364 g/mol. The van der Waals surface area contributed by atoms with E-state index in [1.54, 1.807) is 20.1 Å². The number of para-hydroxylation sites is 1. The van der Waals surface area contributed by atoms with Gasteiger partial charge in [0.2, 0.25) is 0 Å². The summed E-state index contributed by atoms with van der Waals surface area (Å²) in [5.74, 6) is 1.90. The molecule has 0 saturated carbocycles. The highest BCUT2D eigenvalue weighted by Crippen LogP contribution is 2.17. The lowest BCUT2D eigenvalue weighted by atomic mass is 10.1. The number of anilines is 1. The highest BCUT2D eigenvalue weighted by Gasteiger charge is 2.13. The second-order valence-corrected chi connectivity index (χ2v) is 6.82. The van der Waals surface area contributed by atoms with Crippen molar-refractivity contribution in [3.63, 3.8) is 0 Å². The third kappa shape index (κ3) is 5.54. The normalized spacial score (nSPS) is 10.4. The first-order valence-electron chi connectivity index (χ1n) is 9.57. The number of hydrogen-bond donors (Lipinski definition) is 1. The van der Waals surface area contributed by atoms with Crippen molar-refractivity contribution in [3.05, 3.63) is 83.3 Å². The van der Waals surface area contributed by atoms with Crippen LogP contribution < -0.4 is 15.0 Å². The molecule has 1 N–H and O–H groups in total. The first-order valence-corrected chi connectivity index (χ1v) is 9.57. The zero-order valence-electron chi connectivity index (χ0n) is 17.1. The van der Waals surface area contributed by atoms with Crippen molar-refractivity contribution in [3.8, 4) is 5.75 Å². The molecule has 3 aromatic rings. The number of hydrogen-bond acceptors (Lipinski definition) is 5. The molecular formula is C23H26N4O2. The van der Waals surface area contributed by atoms with Gasteiger partial charge < -0.3 is 15.0 Å². The fourth-order valence-electron chi connectivity index (χ4n) is 3.11. The molecule has 0 radical (unpaired) electrons. The van der Waals surface area contributed by atoms with Crippen LogP contribution in [0.15, 0.2) is 60.7 Å². The van der Waals surface area contributed by atoms with Crippen LogP contribution in [0.1, 0.15) is 27.4 Å². The second kappa shape index (κ2) is 9.68. The zero-order valence-corrected chi connectivity index (χ0v) is 17.1. The fourth-order valence-corrected chi connectivity index (χ4v) is 3.11. The van der Waals surface area contributed by atoms with E-state index < -0.39 is 0 Å². The summed E-state index contributed by atoms with van der Waals surface area (Å²) >= 11 is 0. The molecule has 0 saturated heterocycles. The molecule has 0 atom stereocenters. The summed E-state index contributed by atoms with van der Waals surface area (Å²) in [6.07, 6.45) is 0.681. The maximum absolute atomic E-state index is 12.6. The standard InChI is InChI=1S/C23H26N4O2/c1-17-25-20(15-22(26-17)27(2)16-18-9-5-4-6-10-18)23(28)24-14-13-19-11-7-8-12-21(19)29-3/h4-12,15H,13-14,16H2,1-3H3,(H,24,28). The van der Waals surface area contributed by atoms with Crippen LogP contribution in [0.25, 0.3) is 0 Å². The predicted octanol–water partition coefficient (Wildman–Crippen LogP) is 3.40. The minimum absolute atomic E-state index is 0.209. The number of aromatic nitrogens is 2. The monoisotopic (exact) mass is 390 g/mol. The summed E-state index contributed by atoms with van der Waals surface area (Å²) < 4.78 is 5.36. The lowest BCUT2D eigenvalue weighted by Gasteiger charge is -2.19. The summed E-state index contributed by atoms with van der Waals surface area (Å²) in [5.41, 5.74) is 2.60. The van der Waals surface area contributed by atoms with Gasteiger partial charge in [-0.05, 0) is 30.5 Å². The second-order valence-electron chi connectivity index (χ2n) is 6.82. The van der Waals surface area contributed by atoms with Crippen LogP contribution in [0, 0.1) is 6.92 Å². The van der Waals surface area contributed by atoms with Gasteiger partial charge in [0.05, 0.1) is 7.11 Å². The number of carbonyl (C=O) groups is 1. The molecule has 0 aliphatic heterocycles. The van der Waals surface area contributed by atoms with E-state index in [1.165, 1.54) is 5.56 Å². The summed E-state index contributed by atoms with van der Waals surface area (Å²) in [6.45, 7) is 3.00. The molecule has 29 heavy (non-hydrogen) atoms. The number of amides is 1. The molecule has 1 heterocycles. The largest absolute Gasteiger partial charge is 0.496 e. The molecule has 6 heteroatoms. The summed E-state index contributed by atoms with van der Waals surface area (Å²) in [6, 6.07) is 19.7. The van der Waals surface area contributed by atoms with E-state index in [4.69, 9.17) is 4.74 Å². The molecule has 0 fully saturated rings. The molecule has 0 unspecified atom stereocenters. The molecule has 2 aromatic carbocycles. The third-order valence-electron chi connectivity index (χ3n) is 4.58. The Kier molecular flexibility index (Phi) is 6.79. The van der Waals surface area contributed by atoms with Gasteiger partial charge in [-0.25, -0.2) is 9.97 Å². The van der Waals surface area contributed by atoms with Crippen molar-refractivity contribution in [2.75, 3.05) is 25.6 Å². The van der Waals surface area contributed by atoms with Crippen LogP contribution in [0.3, 0.4) is 0 Å². The summed E-state index contributed by atoms with van der Waals surface area (Å²) in [7, 11) is 3.60. The van der Waals surface area contributed by atoms with Crippen LogP contribution in [0.2, 0.25) is 0 Å². The number of rotatable bonds is 8. The van der Waals surface area contributed by atoms with Crippen molar-refractivity contribution >= 4 is 11.7 Å². The minimum Gasteiger partial charge on any atom is -0.496 e. The predicted molar refractivity (Wildman–Crippen MR) is 114 cm³/mol. The Bertz CT molecular complexity index is 960. The average molecular weight is 390 g/mol. The van der Waals surface area contributed by atoms with Crippen molar-refractivity contribution in [2.24, 2.45) is 0 Å². The molecule has 3 rings (SSSR count). The highest BCUT2D eigenvalue weighted by atomic mass is 16.5. The van der Waals surface area contributed by atoms with Crippen LogP contribution in [0.5, 0.6) is 5.75 Å². The van der Waals surface area contributed by atoms with Crippen molar-refractivity contribution in [1.29, 1.82) is 0 Å².